The molecule has 1 amide bonds. The molecule has 5 nitrogen and oxygen atoms in total. The van der Waals surface area contributed by atoms with E-state index in [-0.39, 0.29) is 17.2 Å². The fourth-order valence-electron chi connectivity index (χ4n) is 3.54. The highest BCUT2D eigenvalue weighted by molar-refractivity contribution is 5.77. The maximum atomic E-state index is 12.2. The van der Waals surface area contributed by atoms with Crippen LogP contribution in [0.1, 0.15) is 32.1 Å². The third-order valence-electron chi connectivity index (χ3n) is 5.15. The lowest BCUT2D eigenvalue weighted by molar-refractivity contribution is -0.139. The topological polar surface area (TPSA) is 66.8 Å². The molecule has 1 aromatic rings. The van der Waals surface area contributed by atoms with Gasteiger partial charge in [-0.15, -0.1) is 0 Å². The number of rotatable bonds is 6. The molecular weight excluding hydrogens is 294 g/mol. The first-order valence-corrected chi connectivity index (χ1v) is 8.29. The summed E-state index contributed by atoms with van der Waals surface area (Å²) in [5.41, 5.74) is -0.0148. The van der Waals surface area contributed by atoms with Crippen molar-refractivity contribution in [3.8, 4) is 5.75 Å². The van der Waals surface area contributed by atoms with Crippen molar-refractivity contribution in [2.24, 2.45) is 11.3 Å². The van der Waals surface area contributed by atoms with E-state index in [4.69, 9.17) is 9.84 Å². The van der Waals surface area contributed by atoms with Crippen molar-refractivity contribution in [3.05, 3.63) is 30.3 Å². The predicted molar refractivity (Wildman–Crippen MR) is 85.2 cm³/mol. The average molecular weight is 317 g/mol. The van der Waals surface area contributed by atoms with Gasteiger partial charge in [0.2, 0.25) is 5.91 Å². The van der Waals surface area contributed by atoms with Crippen molar-refractivity contribution in [1.82, 2.24) is 4.90 Å². The van der Waals surface area contributed by atoms with Gasteiger partial charge < -0.3 is 14.7 Å². The molecular formula is C18H23NO4. The fourth-order valence-corrected chi connectivity index (χ4v) is 3.54. The summed E-state index contributed by atoms with van der Waals surface area (Å²) >= 11 is 0. The third-order valence-corrected chi connectivity index (χ3v) is 5.15. The molecule has 1 aromatic carbocycles. The van der Waals surface area contributed by atoms with Gasteiger partial charge in [-0.2, -0.15) is 0 Å². The Kier molecular flexibility index (Phi) is 4.55. The lowest BCUT2D eigenvalue weighted by atomic mass is 9.90. The smallest absolute Gasteiger partial charge is 0.307 e. The van der Waals surface area contributed by atoms with Crippen LogP contribution in [-0.4, -0.2) is 41.6 Å². The molecule has 1 aliphatic carbocycles. The van der Waals surface area contributed by atoms with Gasteiger partial charge >= 0.3 is 5.97 Å². The average Bonchev–Trinajstić information content (AvgIpc) is 3.27. The zero-order valence-electron chi connectivity index (χ0n) is 13.2. The number of ether oxygens (including phenoxy) is 1. The van der Waals surface area contributed by atoms with Crippen LogP contribution in [0.2, 0.25) is 0 Å². The van der Waals surface area contributed by atoms with Crippen LogP contribution in [0.15, 0.2) is 30.3 Å². The van der Waals surface area contributed by atoms with Gasteiger partial charge in [-0.05, 0) is 43.2 Å². The summed E-state index contributed by atoms with van der Waals surface area (Å²) in [6.45, 7) is 1.93. The van der Waals surface area contributed by atoms with Gasteiger partial charge in [0.1, 0.15) is 5.75 Å². The largest absolute Gasteiger partial charge is 0.494 e. The van der Waals surface area contributed by atoms with Crippen molar-refractivity contribution < 1.29 is 19.4 Å². The van der Waals surface area contributed by atoms with Crippen LogP contribution >= 0.6 is 0 Å². The van der Waals surface area contributed by atoms with Gasteiger partial charge in [-0.1, -0.05) is 18.2 Å². The first-order chi connectivity index (χ1) is 11.1. The number of likely N-dealkylation sites (tertiary alicyclic amines) is 1. The zero-order valence-corrected chi connectivity index (χ0v) is 13.2. The number of benzene rings is 1. The van der Waals surface area contributed by atoms with Crippen LogP contribution in [0.5, 0.6) is 5.75 Å². The van der Waals surface area contributed by atoms with Gasteiger partial charge in [0.05, 0.1) is 12.5 Å². The Morgan fingerprint density at radius 2 is 1.91 bits per heavy atom. The lowest BCUT2D eigenvalue weighted by Crippen LogP contribution is -2.40. The highest BCUT2D eigenvalue weighted by Gasteiger charge is 2.59. The van der Waals surface area contributed by atoms with E-state index in [0.29, 0.717) is 32.5 Å². The normalized spacial score (nSPS) is 21.9. The van der Waals surface area contributed by atoms with Gasteiger partial charge in [0, 0.05) is 19.5 Å². The Balaban J connectivity index is 1.35. The van der Waals surface area contributed by atoms with Crippen molar-refractivity contribution in [3.63, 3.8) is 0 Å². The minimum Gasteiger partial charge on any atom is -0.494 e. The van der Waals surface area contributed by atoms with Crippen molar-refractivity contribution in [1.29, 1.82) is 0 Å². The molecule has 0 unspecified atom stereocenters. The second-order valence-corrected chi connectivity index (χ2v) is 6.60. The van der Waals surface area contributed by atoms with Crippen LogP contribution in [0.3, 0.4) is 0 Å². The molecule has 124 valence electrons. The summed E-state index contributed by atoms with van der Waals surface area (Å²) in [7, 11) is 0. The van der Waals surface area contributed by atoms with Crippen LogP contribution in [0.4, 0.5) is 0 Å². The number of para-hydroxylation sites is 1. The quantitative estimate of drug-likeness (QED) is 0.819. The van der Waals surface area contributed by atoms with Crippen molar-refractivity contribution in [2.45, 2.75) is 32.1 Å². The highest BCUT2D eigenvalue weighted by atomic mass is 16.5. The second kappa shape index (κ2) is 6.60. The Bertz CT molecular complexity index is 564. The third kappa shape index (κ3) is 3.66. The van der Waals surface area contributed by atoms with E-state index >= 15 is 0 Å². The number of amides is 1. The molecule has 1 N–H and O–H groups in total. The van der Waals surface area contributed by atoms with E-state index in [9.17, 15) is 9.59 Å². The number of carbonyl (C=O) groups excluding carboxylic acids is 1. The minimum absolute atomic E-state index is 0.0148. The van der Waals surface area contributed by atoms with E-state index < -0.39 is 5.97 Å². The molecule has 3 rings (SSSR count). The summed E-state index contributed by atoms with van der Waals surface area (Å²) in [4.78, 5) is 25.1. The summed E-state index contributed by atoms with van der Waals surface area (Å²) < 4.78 is 5.59. The molecule has 0 aromatic heterocycles. The standard InChI is InChI=1S/C18H23NO4/c20-16(7-4-12-23-14-5-2-1-3-6-14)19-10-8-18(9-11-19)13-15(18)17(21)22/h1-3,5-6,15H,4,7-13H2,(H,21,22)/t15-/m0/s1. The lowest BCUT2D eigenvalue weighted by Gasteiger charge is -2.32. The number of carbonyl (C=O) groups is 2. The highest BCUT2D eigenvalue weighted by Crippen LogP contribution is 2.59. The Morgan fingerprint density at radius 3 is 2.52 bits per heavy atom. The van der Waals surface area contributed by atoms with Gasteiger partial charge in [0.15, 0.2) is 0 Å². The fraction of sp³-hybridized carbons (Fsp3) is 0.556. The first-order valence-electron chi connectivity index (χ1n) is 8.29. The molecule has 1 heterocycles. The predicted octanol–water partition coefficient (Wildman–Crippen LogP) is 2.56. The summed E-state index contributed by atoms with van der Waals surface area (Å²) in [5, 5.41) is 9.09. The molecule has 2 fully saturated rings. The Hall–Kier alpha value is -2.04. The van der Waals surface area contributed by atoms with Gasteiger partial charge in [-0.25, -0.2) is 0 Å². The van der Waals surface area contributed by atoms with E-state index in [2.05, 4.69) is 0 Å². The summed E-state index contributed by atoms with van der Waals surface area (Å²) in [6, 6.07) is 9.59. The van der Waals surface area contributed by atoms with Crippen LogP contribution in [-0.2, 0) is 9.59 Å². The molecule has 0 bridgehead atoms. The molecule has 0 radical (unpaired) electrons. The van der Waals surface area contributed by atoms with Crippen molar-refractivity contribution >= 4 is 11.9 Å². The van der Waals surface area contributed by atoms with Crippen LogP contribution in [0, 0.1) is 11.3 Å². The van der Waals surface area contributed by atoms with Gasteiger partial charge in [0.25, 0.3) is 0 Å². The first kappa shape index (κ1) is 15.8. The number of nitrogens with zero attached hydrogens (tertiary/aromatic N) is 1. The molecule has 2 aliphatic rings. The van der Waals surface area contributed by atoms with Crippen LogP contribution < -0.4 is 4.74 Å². The second-order valence-electron chi connectivity index (χ2n) is 6.60. The SMILES string of the molecule is O=C(O)[C@@H]1CC12CCN(C(=O)CCCOc1ccccc1)CC2. The van der Waals surface area contributed by atoms with Crippen LogP contribution in [0.25, 0.3) is 0 Å². The van der Waals surface area contributed by atoms with E-state index in [1.165, 1.54) is 0 Å². The maximum absolute atomic E-state index is 12.2. The maximum Gasteiger partial charge on any atom is 0.307 e. The van der Waals surface area contributed by atoms with Crippen molar-refractivity contribution in [2.75, 3.05) is 19.7 Å². The zero-order chi connectivity index (χ0) is 16.3. The monoisotopic (exact) mass is 317 g/mol. The molecule has 1 atom stereocenters. The number of hydrogen-bond acceptors (Lipinski definition) is 3. The minimum atomic E-state index is -0.678. The number of carboxylic acids is 1. The molecule has 1 saturated carbocycles. The number of aliphatic carboxylic acids is 1. The number of hydrogen-bond donors (Lipinski definition) is 1. The number of carboxylic acid groups (broad SMARTS) is 1. The van der Waals surface area contributed by atoms with Gasteiger partial charge in [-0.3, -0.25) is 9.59 Å². The van der Waals surface area contributed by atoms with E-state index in [0.717, 1.165) is 25.0 Å². The Morgan fingerprint density at radius 1 is 1.22 bits per heavy atom. The molecule has 23 heavy (non-hydrogen) atoms. The summed E-state index contributed by atoms with van der Waals surface area (Å²) in [6.07, 6.45) is 3.64. The Labute approximate surface area is 136 Å². The molecule has 5 heteroatoms. The summed E-state index contributed by atoms with van der Waals surface area (Å²) in [5.74, 6) is 0.124. The molecule has 1 aliphatic heterocycles. The van der Waals surface area contributed by atoms with E-state index in [1.54, 1.807) is 0 Å². The number of piperidine rings is 1. The molecule has 1 spiro atoms. The molecule has 1 saturated heterocycles. The van der Waals surface area contributed by atoms with E-state index in [1.807, 2.05) is 35.2 Å².